The molecule has 0 aliphatic carbocycles. The van der Waals surface area contributed by atoms with Crippen molar-refractivity contribution in [1.82, 2.24) is 0 Å². The molecule has 14 heavy (non-hydrogen) atoms. The van der Waals surface area contributed by atoms with E-state index < -0.39 is 12.0 Å². The Bertz CT molecular complexity index is 372. The van der Waals surface area contributed by atoms with E-state index in [4.69, 9.17) is 16.7 Å². The van der Waals surface area contributed by atoms with Gasteiger partial charge in [0.1, 0.15) is 6.04 Å². The summed E-state index contributed by atoms with van der Waals surface area (Å²) in [6, 6.07) is 3.21. The molecule has 0 bridgehead atoms. The van der Waals surface area contributed by atoms with Gasteiger partial charge in [-0.2, -0.15) is 0 Å². The van der Waals surface area contributed by atoms with Crippen LogP contribution in [0.15, 0.2) is 12.1 Å². The zero-order chi connectivity index (χ0) is 10.3. The topological polar surface area (TPSA) is 49.3 Å². The van der Waals surface area contributed by atoms with Gasteiger partial charge in [0.15, 0.2) is 0 Å². The first-order valence-electron chi connectivity index (χ1n) is 4.36. The maximum absolute atomic E-state index is 10.7. The molecule has 4 heteroatoms. The van der Waals surface area contributed by atoms with Crippen LogP contribution in [0.1, 0.15) is 11.1 Å². The Balaban J connectivity index is 2.36. The second-order valence-electron chi connectivity index (χ2n) is 3.50. The van der Waals surface area contributed by atoms with Gasteiger partial charge in [-0.1, -0.05) is 11.6 Å². The SMILES string of the molecule is Cc1cc2c(cc1Cl)CC(C(=O)O)N2. The van der Waals surface area contributed by atoms with Crippen molar-refractivity contribution >= 4 is 23.3 Å². The lowest BCUT2D eigenvalue weighted by Gasteiger charge is -2.04. The number of nitrogens with one attached hydrogen (secondary N) is 1. The number of rotatable bonds is 1. The predicted octanol–water partition coefficient (Wildman–Crippen LogP) is 2.07. The van der Waals surface area contributed by atoms with Crippen LogP contribution in [0.5, 0.6) is 0 Å². The molecule has 0 saturated heterocycles. The van der Waals surface area contributed by atoms with E-state index >= 15 is 0 Å². The number of hydrogen-bond donors (Lipinski definition) is 2. The number of anilines is 1. The molecule has 1 heterocycles. The van der Waals surface area contributed by atoms with E-state index in [1.807, 2.05) is 19.1 Å². The summed E-state index contributed by atoms with van der Waals surface area (Å²) in [5.41, 5.74) is 2.83. The smallest absolute Gasteiger partial charge is 0.326 e. The number of fused-ring (bicyclic) bond motifs is 1. The van der Waals surface area contributed by atoms with E-state index in [1.165, 1.54) is 0 Å². The maximum Gasteiger partial charge on any atom is 0.326 e. The van der Waals surface area contributed by atoms with Gasteiger partial charge in [-0.05, 0) is 30.2 Å². The monoisotopic (exact) mass is 211 g/mol. The van der Waals surface area contributed by atoms with Crippen molar-refractivity contribution in [1.29, 1.82) is 0 Å². The van der Waals surface area contributed by atoms with Gasteiger partial charge >= 0.3 is 5.97 Å². The van der Waals surface area contributed by atoms with Crippen LogP contribution in [-0.4, -0.2) is 17.1 Å². The molecule has 0 fully saturated rings. The third-order valence-electron chi connectivity index (χ3n) is 2.44. The highest BCUT2D eigenvalue weighted by Crippen LogP contribution is 2.31. The molecule has 0 aromatic heterocycles. The molecule has 1 aliphatic rings. The molecule has 1 aliphatic heterocycles. The second kappa shape index (κ2) is 3.17. The Morgan fingerprint density at radius 3 is 3.00 bits per heavy atom. The second-order valence-corrected chi connectivity index (χ2v) is 3.91. The Morgan fingerprint density at radius 2 is 2.36 bits per heavy atom. The highest BCUT2D eigenvalue weighted by molar-refractivity contribution is 6.31. The van der Waals surface area contributed by atoms with E-state index in [0.717, 1.165) is 16.8 Å². The summed E-state index contributed by atoms with van der Waals surface area (Å²) < 4.78 is 0. The van der Waals surface area contributed by atoms with Crippen LogP contribution in [0.25, 0.3) is 0 Å². The van der Waals surface area contributed by atoms with Gasteiger partial charge < -0.3 is 10.4 Å². The van der Waals surface area contributed by atoms with Crippen LogP contribution in [0.4, 0.5) is 5.69 Å². The largest absolute Gasteiger partial charge is 0.480 e. The van der Waals surface area contributed by atoms with E-state index in [0.29, 0.717) is 11.4 Å². The molecular formula is C10H10ClNO2. The summed E-state index contributed by atoms with van der Waals surface area (Å²) in [5.74, 6) is -0.824. The number of carboxylic acids is 1. The molecule has 1 aromatic rings. The minimum Gasteiger partial charge on any atom is -0.480 e. The number of halogens is 1. The van der Waals surface area contributed by atoms with Crippen LogP contribution in [0, 0.1) is 6.92 Å². The van der Waals surface area contributed by atoms with E-state index in [9.17, 15) is 4.79 Å². The molecule has 2 rings (SSSR count). The fourth-order valence-corrected chi connectivity index (χ4v) is 1.82. The molecule has 74 valence electrons. The van der Waals surface area contributed by atoms with Crippen molar-refractivity contribution in [3.05, 3.63) is 28.3 Å². The summed E-state index contributed by atoms with van der Waals surface area (Å²) in [6.45, 7) is 1.90. The first-order chi connectivity index (χ1) is 6.58. The Hall–Kier alpha value is -1.22. The normalized spacial score (nSPS) is 18.9. The van der Waals surface area contributed by atoms with Gasteiger partial charge in [0.05, 0.1) is 0 Å². The van der Waals surface area contributed by atoms with Crippen LogP contribution in [0.3, 0.4) is 0 Å². The molecule has 3 nitrogen and oxygen atoms in total. The lowest BCUT2D eigenvalue weighted by atomic mass is 10.1. The molecule has 0 radical (unpaired) electrons. The average Bonchev–Trinajstić information content (AvgIpc) is 2.48. The van der Waals surface area contributed by atoms with Crippen LogP contribution < -0.4 is 5.32 Å². The Morgan fingerprint density at radius 1 is 1.64 bits per heavy atom. The minimum absolute atomic E-state index is 0.505. The van der Waals surface area contributed by atoms with Crippen LogP contribution in [0.2, 0.25) is 5.02 Å². The maximum atomic E-state index is 10.7. The van der Waals surface area contributed by atoms with Gasteiger partial charge in [0.2, 0.25) is 0 Å². The van der Waals surface area contributed by atoms with Crippen molar-refractivity contribution in [2.75, 3.05) is 5.32 Å². The van der Waals surface area contributed by atoms with Crippen molar-refractivity contribution in [2.45, 2.75) is 19.4 Å². The fraction of sp³-hybridized carbons (Fsp3) is 0.300. The zero-order valence-electron chi connectivity index (χ0n) is 7.67. The quantitative estimate of drug-likeness (QED) is 0.748. The minimum atomic E-state index is -0.824. The number of carboxylic acid groups (broad SMARTS) is 1. The van der Waals surface area contributed by atoms with E-state index in [1.54, 1.807) is 0 Å². The van der Waals surface area contributed by atoms with E-state index in [2.05, 4.69) is 5.32 Å². The Kier molecular flexibility index (Phi) is 2.11. The van der Waals surface area contributed by atoms with Crippen molar-refractivity contribution in [3.63, 3.8) is 0 Å². The first-order valence-corrected chi connectivity index (χ1v) is 4.74. The molecule has 0 saturated carbocycles. The molecular weight excluding hydrogens is 202 g/mol. The van der Waals surface area contributed by atoms with Gasteiger partial charge in [-0.3, -0.25) is 0 Å². The number of aryl methyl sites for hydroxylation is 1. The molecule has 0 amide bonds. The molecule has 1 atom stereocenters. The summed E-state index contributed by atoms with van der Waals surface area (Å²) in [4.78, 5) is 10.7. The van der Waals surface area contributed by atoms with E-state index in [-0.39, 0.29) is 0 Å². The van der Waals surface area contributed by atoms with Crippen molar-refractivity contribution < 1.29 is 9.90 Å². The summed E-state index contributed by atoms with van der Waals surface area (Å²) in [7, 11) is 0. The number of hydrogen-bond acceptors (Lipinski definition) is 2. The summed E-state index contributed by atoms with van der Waals surface area (Å²) in [5, 5.41) is 12.5. The van der Waals surface area contributed by atoms with Gasteiger partial charge in [-0.15, -0.1) is 0 Å². The number of carbonyl (C=O) groups is 1. The molecule has 1 unspecified atom stereocenters. The van der Waals surface area contributed by atoms with Crippen molar-refractivity contribution in [3.8, 4) is 0 Å². The summed E-state index contributed by atoms with van der Waals surface area (Å²) >= 11 is 5.94. The highest BCUT2D eigenvalue weighted by atomic mass is 35.5. The van der Waals surface area contributed by atoms with Gasteiger partial charge in [0, 0.05) is 17.1 Å². The fourth-order valence-electron chi connectivity index (χ4n) is 1.63. The third kappa shape index (κ3) is 1.44. The highest BCUT2D eigenvalue weighted by Gasteiger charge is 2.26. The van der Waals surface area contributed by atoms with Crippen LogP contribution >= 0.6 is 11.6 Å². The third-order valence-corrected chi connectivity index (χ3v) is 2.84. The average molecular weight is 212 g/mol. The lowest BCUT2D eigenvalue weighted by molar-refractivity contribution is -0.137. The van der Waals surface area contributed by atoms with Gasteiger partial charge in [-0.25, -0.2) is 4.79 Å². The number of aliphatic carboxylic acids is 1. The zero-order valence-corrected chi connectivity index (χ0v) is 8.43. The predicted molar refractivity (Wildman–Crippen MR) is 54.9 cm³/mol. The van der Waals surface area contributed by atoms with Crippen LogP contribution in [-0.2, 0) is 11.2 Å². The first kappa shape index (κ1) is 9.34. The molecule has 2 N–H and O–H groups in total. The van der Waals surface area contributed by atoms with Gasteiger partial charge in [0.25, 0.3) is 0 Å². The Labute approximate surface area is 86.7 Å². The van der Waals surface area contributed by atoms with Crippen molar-refractivity contribution in [2.24, 2.45) is 0 Å². The lowest BCUT2D eigenvalue weighted by Crippen LogP contribution is -2.26. The molecule has 1 aromatic carbocycles. The standard InChI is InChI=1S/C10H10ClNO2/c1-5-2-8-6(3-7(5)11)4-9(12-8)10(13)14/h2-3,9,12H,4H2,1H3,(H,13,14). The number of benzene rings is 1. The molecule has 0 spiro atoms. The summed E-state index contributed by atoms with van der Waals surface area (Å²) in [6.07, 6.45) is 0.505.